The van der Waals surface area contributed by atoms with Gasteiger partial charge in [0.1, 0.15) is 13.2 Å². The van der Waals surface area contributed by atoms with Gasteiger partial charge in [0.05, 0.1) is 0 Å². The monoisotopic (exact) mass is 867 g/mol. The zero-order chi connectivity index (χ0) is 45.1. The van der Waals surface area contributed by atoms with Crippen LogP contribution in [-0.2, 0) is 28.6 Å². The van der Waals surface area contributed by atoms with E-state index in [4.69, 9.17) is 14.2 Å². The van der Waals surface area contributed by atoms with Crippen LogP contribution in [0.3, 0.4) is 0 Å². The second-order valence-electron chi connectivity index (χ2n) is 17.4. The Morgan fingerprint density at radius 3 is 1.00 bits per heavy atom. The molecule has 0 aliphatic rings. The summed E-state index contributed by atoms with van der Waals surface area (Å²) in [4.78, 5) is 38.0. The molecule has 0 saturated heterocycles. The first-order valence-corrected chi connectivity index (χ1v) is 26.3. The molecule has 0 spiro atoms. The molecule has 6 nitrogen and oxygen atoms in total. The fourth-order valence-corrected chi connectivity index (χ4v) is 7.21. The van der Waals surface area contributed by atoms with Gasteiger partial charge in [-0.3, -0.25) is 14.4 Å². The summed E-state index contributed by atoms with van der Waals surface area (Å²) in [6.07, 6.45) is 62.0. The maximum Gasteiger partial charge on any atom is 0.306 e. The van der Waals surface area contributed by atoms with Crippen LogP contribution in [0.4, 0.5) is 0 Å². The standard InChI is InChI=1S/C56H98O6/c1-4-7-10-13-16-19-22-25-27-29-31-34-37-40-43-46-49-55(58)61-52-53(51-60-54(57)48-45-42-39-36-33-30-24-21-18-15-12-9-6-3)62-56(59)50-47-44-41-38-35-32-28-26-23-20-17-14-11-8-5-2/h12,15,17,20-21,24,26-29,53H,4-11,13-14,16,18-19,22-23,25,30-52H2,1-3H3/b15-12-,20-17-,24-21-,28-26-,29-27-. The molecule has 0 fully saturated rings. The van der Waals surface area contributed by atoms with E-state index < -0.39 is 6.10 Å². The predicted molar refractivity (Wildman–Crippen MR) is 265 cm³/mol. The number of esters is 3. The highest BCUT2D eigenvalue weighted by atomic mass is 16.6. The van der Waals surface area contributed by atoms with Gasteiger partial charge in [0.15, 0.2) is 6.10 Å². The summed E-state index contributed by atoms with van der Waals surface area (Å²) in [6.45, 7) is 6.52. The Kier molecular flexibility index (Phi) is 48.4. The number of allylic oxidation sites excluding steroid dienone is 10. The van der Waals surface area contributed by atoms with Gasteiger partial charge < -0.3 is 14.2 Å². The molecule has 1 unspecified atom stereocenters. The van der Waals surface area contributed by atoms with Crippen molar-refractivity contribution in [2.75, 3.05) is 13.2 Å². The van der Waals surface area contributed by atoms with Gasteiger partial charge in [-0.15, -0.1) is 0 Å². The lowest BCUT2D eigenvalue weighted by molar-refractivity contribution is -0.167. The second kappa shape index (κ2) is 50.8. The third kappa shape index (κ3) is 48.1. The number of rotatable bonds is 47. The molecule has 0 bridgehead atoms. The first-order valence-electron chi connectivity index (χ1n) is 26.3. The predicted octanol–water partition coefficient (Wildman–Crippen LogP) is 17.3. The highest BCUT2D eigenvalue weighted by Crippen LogP contribution is 2.14. The Labute approximate surface area is 383 Å². The molecule has 0 N–H and O–H groups in total. The fourth-order valence-electron chi connectivity index (χ4n) is 7.21. The molecule has 6 heteroatoms. The van der Waals surface area contributed by atoms with Crippen LogP contribution in [0.15, 0.2) is 60.8 Å². The quantitative estimate of drug-likeness (QED) is 0.0262. The van der Waals surface area contributed by atoms with E-state index in [-0.39, 0.29) is 31.1 Å². The van der Waals surface area contributed by atoms with Crippen molar-refractivity contribution in [3.8, 4) is 0 Å². The SMILES string of the molecule is CCC/C=C\C/C=C\CCCCCCCC(=O)OCC(COC(=O)CCCCCCC/C=C\CCCCCCCCC)OC(=O)CCCCCCC/C=C\C/C=C\CCCCC. The van der Waals surface area contributed by atoms with Crippen LogP contribution >= 0.6 is 0 Å². The third-order valence-corrected chi connectivity index (χ3v) is 11.2. The smallest absolute Gasteiger partial charge is 0.306 e. The number of carbonyl (C=O) groups is 3. The highest BCUT2D eigenvalue weighted by Gasteiger charge is 2.19. The van der Waals surface area contributed by atoms with Crippen LogP contribution in [0.25, 0.3) is 0 Å². The van der Waals surface area contributed by atoms with E-state index in [2.05, 4.69) is 81.5 Å². The lowest BCUT2D eigenvalue weighted by atomic mass is 10.1. The van der Waals surface area contributed by atoms with E-state index in [9.17, 15) is 14.4 Å². The van der Waals surface area contributed by atoms with Crippen LogP contribution < -0.4 is 0 Å². The van der Waals surface area contributed by atoms with Crippen molar-refractivity contribution in [2.24, 2.45) is 0 Å². The molecule has 0 rings (SSSR count). The largest absolute Gasteiger partial charge is 0.462 e. The van der Waals surface area contributed by atoms with Gasteiger partial charge in [-0.2, -0.15) is 0 Å². The lowest BCUT2D eigenvalue weighted by Crippen LogP contribution is -2.30. The minimum atomic E-state index is -0.789. The number of carbonyl (C=O) groups excluding carboxylic acids is 3. The summed E-state index contributed by atoms with van der Waals surface area (Å²) in [7, 11) is 0. The molecule has 0 radical (unpaired) electrons. The van der Waals surface area contributed by atoms with Crippen molar-refractivity contribution in [1.82, 2.24) is 0 Å². The maximum absolute atomic E-state index is 12.8. The Morgan fingerprint density at radius 2 is 0.613 bits per heavy atom. The number of unbranched alkanes of at least 4 members (excludes halogenated alkanes) is 26. The van der Waals surface area contributed by atoms with Crippen LogP contribution in [0.1, 0.15) is 258 Å². The first-order chi connectivity index (χ1) is 30.5. The van der Waals surface area contributed by atoms with Gasteiger partial charge in [-0.1, -0.05) is 197 Å². The summed E-state index contributed by atoms with van der Waals surface area (Å²) in [5, 5.41) is 0. The van der Waals surface area contributed by atoms with Crippen molar-refractivity contribution >= 4 is 17.9 Å². The third-order valence-electron chi connectivity index (χ3n) is 11.2. The van der Waals surface area contributed by atoms with Crippen LogP contribution in [-0.4, -0.2) is 37.2 Å². The normalized spacial score (nSPS) is 12.5. The maximum atomic E-state index is 12.8. The van der Waals surface area contributed by atoms with Crippen molar-refractivity contribution in [1.29, 1.82) is 0 Å². The minimum absolute atomic E-state index is 0.0886. The molecule has 62 heavy (non-hydrogen) atoms. The van der Waals surface area contributed by atoms with E-state index in [1.807, 2.05) is 0 Å². The molecular formula is C56H98O6. The van der Waals surface area contributed by atoms with E-state index in [1.54, 1.807) is 0 Å². The van der Waals surface area contributed by atoms with E-state index in [0.717, 1.165) is 122 Å². The second-order valence-corrected chi connectivity index (χ2v) is 17.4. The van der Waals surface area contributed by atoms with E-state index >= 15 is 0 Å². The molecule has 0 aliphatic heterocycles. The number of hydrogen-bond donors (Lipinski definition) is 0. The molecule has 0 amide bonds. The Morgan fingerprint density at radius 1 is 0.323 bits per heavy atom. The average Bonchev–Trinajstić information content (AvgIpc) is 3.27. The van der Waals surface area contributed by atoms with E-state index in [0.29, 0.717) is 19.3 Å². The van der Waals surface area contributed by atoms with Gasteiger partial charge in [0.2, 0.25) is 0 Å². The number of hydrogen-bond acceptors (Lipinski definition) is 6. The summed E-state index contributed by atoms with van der Waals surface area (Å²) in [5.74, 6) is -0.921. The van der Waals surface area contributed by atoms with Gasteiger partial charge >= 0.3 is 17.9 Å². The number of ether oxygens (including phenoxy) is 3. The van der Waals surface area contributed by atoms with Crippen LogP contribution in [0.5, 0.6) is 0 Å². The lowest BCUT2D eigenvalue weighted by Gasteiger charge is -2.18. The Hall–Kier alpha value is -2.89. The summed E-state index contributed by atoms with van der Waals surface area (Å²) in [5.41, 5.74) is 0. The van der Waals surface area contributed by atoms with Crippen LogP contribution in [0, 0.1) is 0 Å². The molecule has 0 aliphatic carbocycles. The highest BCUT2D eigenvalue weighted by molar-refractivity contribution is 5.71. The first kappa shape index (κ1) is 59.1. The van der Waals surface area contributed by atoms with Gasteiger partial charge in [0.25, 0.3) is 0 Å². The van der Waals surface area contributed by atoms with Crippen LogP contribution in [0.2, 0.25) is 0 Å². The zero-order valence-corrected chi connectivity index (χ0v) is 40.9. The topological polar surface area (TPSA) is 78.9 Å². The minimum Gasteiger partial charge on any atom is -0.462 e. The summed E-state index contributed by atoms with van der Waals surface area (Å²) >= 11 is 0. The van der Waals surface area contributed by atoms with Gasteiger partial charge in [-0.05, 0) is 103 Å². The molecule has 0 saturated carbocycles. The Balaban J connectivity index is 4.42. The molecule has 358 valence electrons. The van der Waals surface area contributed by atoms with Gasteiger partial charge in [-0.25, -0.2) is 0 Å². The molecule has 0 aromatic carbocycles. The Bertz CT molecular complexity index is 1130. The summed E-state index contributed by atoms with van der Waals surface area (Å²) < 4.78 is 16.8. The zero-order valence-electron chi connectivity index (χ0n) is 40.9. The van der Waals surface area contributed by atoms with Crippen molar-refractivity contribution in [2.45, 2.75) is 264 Å². The van der Waals surface area contributed by atoms with Crippen molar-refractivity contribution in [3.05, 3.63) is 60.8 Å². The molecule has 0 aromatic rings. The van der Waals surface area contributed by atoms with Gasteiger partial charge in [0, 0.05) is 19.3 Å². The fraction of sp³-hybridized carbons (Fsp3) is 0.768. The van der Waals surface area contributed by atoms with E-state index in [1.165, 1.54) is 96.3 Å². The van der Waals surface area contributed by atoms with Crippen molar-refractivity contribution in [3.63, 3.8) is 0 Å². The molecule has 0 aromatic heterocycles. The van der Waals surface area contributed by atoms with Crippen molar-refractivity contribution < 1.29 is 28.6 Å². The molecule has 0 heterocycles. The average molecular weight is 867 g/mol. The molecular weight excluding hydrogens is 769 g/mol. The summed E-state index contributed by atoms with van der Waals surface area (Å²) in [6, 6.07) is 0. The molecule has 1 atom stereocenters.